The van der Waals surface area contributed by atoms with E-state index in [1.165, 1.54) is 11.1 Å². The van der Waals surface area contributed by atoms with Crippen LogP contribution in [0.15, 0.2) is 67.3 Å². The van der Waals surface area contributed by atoms with E-state index in [0.717, 1.165) is 18.4 Å². The van der Waals surface area contributed by atoms with Crippen molar-refractivity contribution in [3.63, 3.8) is 0 Å². The van der Waals surface area contributed by atoms with Crippen molar-refractivity contribution in [1.29, 1.82) is 0 Å². The third-order valence-corrected chi connectivity index (χ3v) is 3.85. The van der Waals surface area contributed by atoms with Crippen LogP contribution in [0.25, 0.3) is 0 Å². The maximum atomic E-state index is 3.98. The molecule has 1 atom stereocenters. The molecule has 0 fully saturated rings. The maximum absolute atomic E-state index is 3.98. The normalized spacial score (nSPS) is 12.9. The third kappa shape index (κ3) is 4.36. The average Bonchev–Trinajstić information content (AvgIpc) is 2.53. The van der Waals surface area contributed by atoms with Gasteiger partial charge in [0.2, 0.25) is 0 Å². The Morgan fingerprint density at radius 2 is 1.71 bits per heavy atom. The molecule has 0 aliphatic heterocycles. The molecule has 0 aromatic heterocycles. The average molecular weight is 274 g/mol. The molecule has 0 radical (unpaired) electrons. The van der Waals surface area contributed by atoms with Gasteiger partial charge in [0.05, 0.1) is 0 Å². The van der Waals surface area contributed by atoms with Gasteiger partial charge in [-0.1, -0.05) is 66.4 Å². The van der Waals surface area contributed by atoms with Crippen LogP contribution in [0.1, 0.15) is 30.0 Å². The molecule has 21 heavy (non-hydrogen) atoms. The summed E-state index contributed by atoms with van der Waals surface area (Å²) in [6.45, 7) is 8.23. The predicted molar refractivity (Wildman–Crippen MR) is 91.1 cm³/mol. The summed E-state index contributed by atoms with van der Waals surface area (Å²) in [7, 11) is 0. The minimum absolute atomic E-state index is 0.155. The zero-order chi connectivity index (χ0) is 15.1. The number of allylic oxidation sites excluding steroid dienone is 1. The number of hydrogen-bond acceptors (Lipinski definition) is 0. The van der Waals surface area contributed by atoms with E-state index in [1.807, 2.05) is 24.3 Å². The van der Waals surface area contributed by atoms with Gasteiger partial charge >= 0.3 is 0 Å². The molecule has 0 saturated carbocycles. The van der Waals surface area contributed by atoms with Gasteiger partial charge in [-0.3, -0.25) is 0 Å². The molecule has 2 aromatic rings. The van der Waals surface area contributed by atoms with Crippen LogP contribution in [0.5, 0.6) is 0 Å². The summed E-state index contributed by atoms with van der Waals surface area (Å²) in [4.78, 5) is 0. The summed E-state index contributed by atoms with van der Waals surface area (Å²) in [5.41, 5.74) is 3.52. The van der Waals surface area contributed by atoms with Crippen molar-refractivity contribution in [2.24, 2.45) is 5.41 Å². The van der Waals surface area contributed by atoms with E-state index in [2.05, 4.69) is 68.7 Å². The SMILES string of the molecule is C=C[C@@](C)(C#Cc1ccccc1C)CCc1ccccc1. The van der Waals surface area contributed by atoms with Crippen LogP contribution in [0.2, 0.25) is 0 Å². The van der Waals surface area contributed by atoms with Crippen molar-refractivity contribution < 1.29 is 0 Å². The summed E-state index contributed by atoms with van der Waals surface area (Å²) < 4.78 is 0. The van der Waals surface area contributed by atoms with Crippen LogP contribution < -0.4 is 0 Å². The molecular formula is C21H22. The lowest BCUT2D eigenvalue weighted by molar-refractivity contribution is 0.522. The van der Waals surface area contributed by atoms with E-state index in [1.54, 1.807) is 0 Å². The second-order valence-corrected chi connectivity index (χ2v) is 5.67. The molecule has 0 saturated heterocycles. The van der Waals surface area contributed by atoms with Crippen LogP contribution in [0.3, 0.4) is 0 Å². The van der Waals surface area contributed by atoms with Crippen molar-refractivity contribution in [3.8, 4) is 11.8 Å². The van der Waals surface area contributed by atoms with Crippen LogP contribution in [-0.4, -0.2) is 0 Å². The Labute approximate surface area is 128 Å². The van der Waals surface area contributed by atoms with E-state index in [-0.39, 0.29) is 5.41 Å². The van der Waals surface area contributed by atoms with Gasteiger partial charge in [-0.2, -0.15) is 0 Å². The molecule has 0 aliphatic carbocycles. The Balaban J connectivity index is 2.11. The lowest BCUT2D eigenvalue weighted by Gasteiger charge is -2.18. The highest BCUT2D eigenvalue weighted by atomic mass is 14.2. The Morgan fingerprint density at radius 3 is 2.38 bits per heavy atom. The molecule has 0 aliphatic rings. The van der Waals surface area contributed by atoms with E-state index in [0.29, 0.717) is 0 Å². The highest BCUT2D eigenvalue weighted by Gasteiger charge is 2.16. The lowest BCUT2D eigenvalue weighted by atomic mass is 9.84. The van der Waals surface area contributed by atoms with E-state index >= 15 is 0 Å². The predicted octanol–water partition coefficient (Wildman–Crippen LogP) is 5.17. The highest BCUT2D eigenvalue weighted by molar-refractivity contribution is 5.42. The molecular weight excluding hydrogens is 252 g/mol. The Bertz CT molecular complexity index is 655. The summed E-state index contributed by atoms with van der Waals surface area (Å²) in [6.07, 6.45) is 3.98. The number of benzene rings is 2. The Morgan fingerprint density at radius 1 is 1.05 bits per heavy atom. The Hall–Kier alpha value is -2.26. The van der Waals surface area contributed by atoms with Gasteiger partial charge in [-0.15, -0.1) is 6.58 Å². The molecule has 2 aromatic carbocycles. The summed E-state index contributed by atoms with van der Waals surface area (Å²) in [5.74, 6) is 6.72. The van der Waals surface area contributed by atoms with Gasteiger partial charge in [0.25, 0.3) is 0 Å². The van der Waals surface area contributed by atoms with Crippen LogP contribution in [0, 0.1) is 24.2 Å². The fraction of sp³-hybridized carbons (Fsp3) is 0.238. The van der Waals surface area contributed by atoms with Crippen molar-refractivity contribution in [2.75, 3.05) is 0 Å². The second-order valence-electron chi connectivity index (χ2n) is 5.67. The van der Waals surface area contributed by atoms with E-state index < -0.39 is 0 Å². The van der Waals surface area contributed by atoms with Gasteiger partial charge in [-0.25, -0.2) is 0 Å². The van der Waals surface area contributed by atoms with Crippen LogP contribution >= 0.6 is 0 Å². The summed E-state index contributed by atoms with van der Waals surface area (Å²) >= 11 is 0. The topological polar surface area (TPSA) is 0 Å². The molecule has 0 bridgehead atoms. The first-order valence-electron chi connectivity index (χ1n) is 7.39. The quantitative estimate of drug-likeness (QED) is 0.533. The second kappa shape index (κ2) is 6.95. The fourth-order valence-corrected chi connectivity index (χ4v) is 2.19. The van der Waals surface area contributed by atoms with Crippen molar-refractivity contribution in [3.05, 3.63) is 83.9 Å². The molecule has 0 unspecified atom stereocenters. The van der Waals surface area contributed by atoms with E-state index in [9.17, 15) is 0 Å². The summed E-state index contributed by atoms with van der Waals surface area (Å²) in [5, 5.41) is 0. The molecule has 106 valence electrons. The van der Waals surface area contributed by atoms with Crippen LogP contribution in [0.4, 0.5) is 0 Å². The van der Waals surface area contributed by atoms with Gasteiger partial charge in [0.1, 0.15) is 0 Å². The van der Waals surface area contributed by atoms with Gasteiger partial charge in [-0.05, 0) is 43.9 Å². The largest absolute Gasteiger partial charge is 0.102 e. The molecule has 2 rings (SSSR count). The maximum Gasteiger partial charge on any atom is 0.0469 e. The fourth-order valence-electron chi connectivity index (χ4n) is 2.19. The first kappa shape index (κ1) is 15.1. The molecule has 0 heterocycles. The Kier molecular flexibility index (Phi) is 5.01. The number of aryl methyl sites for hydroxylation is 2. The van der Waals surface area contributed by atoms with Gasteiger partial charge < -0.3 is 0 Å². The zero-order valence-electron chi connectivity index (χ0n) is 12.9. The third-order valence-electron chi connectivity index (χ3n) is 3.85. The van der Waals surface area contributed by atoms with E-state index in [4.69, 9.17) is 0 Å². The zero-order valence-corrected chi connectivity index (χ0v) is 12.9. The summed E-state index contributed by atoms with van der Waals surface area (Å²) in [6, 6.07) is 18.8. The standard InChI is InChI=1S/C21H22/c1-4-21(3,16-14-19-11-6-5-7-12-19)17-15-20-13-9-8-10-18(20)2/h4-13H,1,14,16H2,2-3H3/t21-/m1/s1. The number of hydrogen-bond donors (Lipinski definition) is 0. The number of rotatable bonds is 4. The molecule has 0 amide bonds. The first-order chi connectivity index (χ1) is 10.1. The monoisotopic (exact) mass is 274 g/mol. The molecule has 0 heteroatoms. The smallest absolute Gasteiger partial charge is 0.0469 e. The van der Waals surface area contributed by atoms with Gasteiger partial charge in [0, 0.05) is 11.0 Å². The van der Waals surface area contributed by atoms with Crippen molar-refractivity contribution in [2.45, 2.75) is 26.7 Å². The van der Waals surface area contributed by atoms with Crippen LogP contribution in [-0.2, 0) is 6.42 Å². The van der Waals surface area contributed by atoms with Crippen molar-refractivity contribution in [1.82, 2.24) is 0 Å². The molecule has 0 N–H and O–H groups in total. The first-order valence-corrected chi connectivity index (χ1v) is 7.39. The van der Waals surface area contributed by atoms with Gasteiger partial charge in [0.15, 0.2) is 0 Å². The highest BCUT2D eigenvalue weighted by Crippen LogP contribution is 2.24. The molecule has 0 spiro atoms. The van der Waals surface area contributed by atoms with Crippen molar-refractivity contribution >= 4 is 0 Å². The minimum atomic E-state index is -0.155. The molecule has 0 nitrogen and oxygen atoms in total. The lowest BCUT2D eigenvalue weighted by Crippen LogP contribution is -2.11. The minimum Gasteiger partial charge on any atom is -0.102 e.